The topological polar surface area (TPSA) is 107 Å². The summed E-state index contributed by atoms with van der Waals surface area (Å²) in [4.78, 5) is 20.4. The van der Waals surface area contributed by atoms with Gasteiger partial charge in [-0.05, 0) is 37.1 Å². The van der Waals surface area contributed by atoms with Gasteiger partial charge in [-0.2, -0.15) is 0 Å². The zero-order chi connectivity index (χ0) is 20.4. The molecule has 150 valence electrons. The molecule has 0 spiro atoms. The van der Waals surface area contributed by atoms with Crippen molar-refractivity contribution in [2.24, 2.45) is 5.73 Å². The number of amides is 1. The maximum Gasteiger partial charge on any atom is 0.222 e. The van der Waals surface area contributed by atoms with Crippen molar-refractivity contribution in [1.82, 2.24) is 20.2 Å². The Morgan fingerprint density at radius 3 is 2.79 bits per heavy atom. The van der Waals surface area contributed by atoms with Crippen LogP contribution in [0.1, 0.15) is 23.4 Å². The molecule has 3 N–H and O–H groups in total. The number of alkyl halides is 1. The van der Waals surface area contributed by atoms with Crippen LogP contribution in [0.2, 0.25) is 5.02 Å². The number of carbonyl (C=O) groups excluding carboxylic acids is 1. The van der Waals surface area contributed by atoms with Crippen molar-refractivity contribution in [3.05, 3.63) is 52.3 Å². The molecule has 10 heteroatoms. The maximum atomic E-state index is 13.7. The fraction of sp³-hybridized carbons (Fsp3) is 0.316. The molecule has 1 saturated carbocycles. The number of anilines is 1. The van der Waals surface area contributed by atoms with Gasteiger partial charge in [0.2, 0.25) is 5.91 Å². The molecule has 1 aliphatic rings. The first-order valence-corrected chi connectivity index (χ1v) is 10.2. The number of primary amides is 1. The Morgan fingerprint density at radius 2 is 2.14 bits per heavy atom. The second-order valence-corrected chi connectivity index (χ2v) is 8.57. The summed E-state index contributed by atoms with van der Waals surface area (Å²) >= 11 is 7.65. The molecule has 0 atom stereocenters. The number of rotatable bonds is 7. The lowest BCUT2D eigenvalue weighted by Gasteiger charge is -2.44. The number of nitrogens with two attached hydrogens (primary N) is 1. The van der Waals surface area contributed by atoms with Crippen molar-refractivity contribution in [2.45, 2.75) is 30.8 Å². The van der Waals surface area contributed by atoms with Gasteiger partial charge in [0.05, 0.1) is 17.1 Å². The summed E-state index contributed by atoms with van der Waals surface area (Å²) < 4.78 is 13.7. The molecule has 0 bridgehead atoms. The van der Waals surface area contributed by atoms with E-state index >= 15 is 0 Å². The number of hydrogen-bond donors (Lipinski definition) is 2. The van der Waals surface area contributed by atoms with E-state index in [-0.39, 0.29) is 6.42 Å². The van der Waals surface area contributed by atoms with Gasteiger partial charge >= 0.3 is 0 Å². The monoisotopic (exact) mass is 432 g/mol. The number of carbonyl (C=O) groups is 1. The van der Waals surface area contributed by atoms with Gasteiger partial charge in [-0.1, -0.05) is 11.6 Å². The predicted molar refractivity (Wildman–Crippen MR) is 110 cm³/mol. The second kappa shape index (κ2) is 8.00. The van der Waals surface area contributed by atoms with E-state index in [1.807, 2.05) is 0 Å². The first-order valence-electron chi connectivity index (χ1n) is 9.01. The number of nitrogens with zero attached hydrogens (tertiary/aromatic N) is 4. The van der Waals surface area contributed by atoms with Gasteiger partial charge in [-0.25, -0.2) is 9.37 Å². The number of halogens is 2. The van der Waals surface area contributed by atoms with Crippen LogP contribution in [0.25, 0.3) is 10.7 Å². The van der Waals surface area contributed by atoms with Gasteiger partial charge < -0.3 is 11.1 Å². The molecule has 0 aromatic carbocycles. The fourth-order valence-electron chi connectivity index (χ4n) is 3.47. The molecule has 4 rings (SSSR count). The van der Waals surface area contributed by atoms with E-state index < -0.39 is 17.5 Å². The van der Waals surface area contributed by atoms with E-state index in [0.717, 1.165) is 4.88 Å². The van der Waals surface area contributed by atoms with E-state index in [1.54, 1.807) is 36.7 Å². The summed E-state index contributed by atoms with van der Waals surface area (Å²) in [5, 5.41) is 12.8. The zero-order valence-electron chi connectivity index (χ0n) is 15.3. The molecule has 29 heavy (non-hydrogen) atoms. The summed E-state index contributed by atoms with van der Waals surface area (Å²) in [7, 11) is 0. The maximum absolute atomic E-state index is 13.7. The Labute approximate surface area is 175 Å². The molecule has 3 aromatic heterocycles. The molecule has 0 radical (unpaired) electrons. The second-order valence-electron chi connectivity index (χ2n) is 7.05. The van der Waals surface area contributed by atoms with Gasteiger partial charge in [0.1, 0.15) is 22.7 Å². The summed E-state index contributed by atoms with van der Waals surface area (Å²) in [6.07, 6.45) is 3.31. The van der Waals surface area contributed by atoms with Crippen molar-refractivity contribution < 1.29 is 9.18 Å². The van der Waals surface area contributed by atoms with Crippen molar-refractivity contribution >= 4 is 34.7 Å². The van der Waals surface area contributed by atoms with Gasteiger partial charge in [-0.15, -0.1) is 21.5 Å². The Balaban J connectivity index is 1.45. The van der Waals surface area contributed by atoms with E-state index in [9.17, 15) is 9.18 Å². The number of aromatic nitrogens is 4. The summed E-state index contributed by atoms with van der Waals surface area (Å²) in [6.45, 7) is 0.457. The van der Waals surface area contributed by atoms with Crippen molar-refractivity contribution in [3.63, 3.8) is 0 Å². The van der Waals surface area contributed by atoms with Crippen LogP contribution in [0.15, 0.2) is 36.7 Å². The molecule has 0 saturated heterocycles. The first-order chi connectivity index (χ1) is 13.9. The van der Waals surface area contributed by atoms with Crippen LogP contribution in [0, 0.1) is 0 Å². The minimum absolute atomic E-state index is 0.151. The Morgan fingerprint density at radius 1 is 1.31 bits per heavy atom. The van der Waals surface area contributed by atoms with Crippen LogP contribution in [-0.4, -0.2) is 38.8 Å². The largest absolute Gasteiger partial charge is 0.369 e. The Hall–Kier alpha value is -2.65. The third-order valence-electron chi connectivity index (χ3n) is 4.88. The molecule has 1 fully saturated rings. The summed E-state index contributed by atoms with van der Waals surface area (Å²) in [5.74, 6) is 0.163. The summed E-state index contributed by atoms with van der Waals surface area (Å²) in [5.41, 5.74) is 6.05. The SMILES string of the molecule is NC(=O)Cc1cnc(-c2ccc(NCC3(c4ncccc4Cl)CC(F)C3)nn2)s1. The molecular formula is C19H18ClFN6OS. The van der Waals surface area contributed by atoms with Gasteiger partial charge in [0, 0.05) is 29.2 Å². The van der Waals surface area contributed by atoms with Gasteiger partial charge in [0.25, 0.3) is 0 Å². The van der Waals surface area contributed by atoms with Crippen LogP contribution in [0.3, 0.4) is 0 Å². The molecule has 3 heterocycles. The normalized spacial score (nSPS) is 20.8. The third-order valence-corrected chi connectivity index (χ3v) is 6.20. The Bertz CT molecular complexity index is 1020. The van der Waals surface area contributed by atoms with Crippen molar-refractivity contribution in [2.75, 3.05) is 11.9 Å². The molecule has 1 amide bonds. The van der Waals surface area contributed by atoms with Crippen LogP contribution in [0.4, 0.5) is 10.2 Å². The number of pyridine rings is 1. The summed E-state index contributed by atoms with van der Waals surface area (Å²) in [6, 6.07) is 7.11. The standard InChI is InChI=1S/C19H18ClFN6OS/c20-13-2-1-5-23-17(13)19(7-11(21)8-19)10-25-16-4-3-14(26-27-16)18-24-9-12(29-18)6-15(22)28/h1-5,9,11H,6-8,10H2,(H2,22,28)(H,25,27). The minimum Gasteiger partial charge on any atom is -0.369 e. The minimum atomic E-state index is -0.858. The lowest BCUT2D eigenvalue weighted by Crippen LogP contribution is -2.48. The molecule has 0 unspecified atom stereocenters. The van der Waals surface area contributed by atoms with Gasteiger partial charge in [-0.3, -0.25) is 9.78 Å². The van der Waals surface area contributed by atoms with Crippen LogP contribution >= 0.6 is 22.9 Å². The highest BCUT2D eigenvalue weighted by molar-refractivity contribution is 7.15. The highest BCUT2D eigenvalue weighted by atomic mass is 35.5. The van der Waals surface area contributed by atoms with Crippen LogP contribution in [0.5, 0.6) is 0 Å². The molecule has 0 aliphatic heterocycles. The molecular weight excluding hydrogens is 415 g/mol. The van der Waals surface area contributed by atoms with Crippen molar-refractivity contribution in [1.29, 1.82) is 0 Å². The van der Waals surface area contributed by atoms with Crippen molar-refractivity contribution in [3.8, 4) is 10.7 Å². The van der Waals surface area contributed by atoms with Gasteiger partial charge in [0.15, 0.2) is 0 Å². The highest BCUT2D eigenvalue weighted by Crippen LogP contribution is 2.46. The van der Waals surface area contributed by atoms with Crippen LogP contribution in [-0.2, 0) is 16.6 Å². The lowest BCUT2D eigenvalue weighted by molar-refractivity contribution is -0.117. The lowest BCUT2D eigenvalue weighted by atomic mass is 9.65. The fourth-order valence-corrected chi connectivity index (χ4v) is 4.67. The molecule has 7 nitrogen and oxygen atoms in total. The highest BCUT2D eigenvalue weighted by Gasteiger charge is 2.48. The smallest absolute Gasteiger partial charge is 0.222 e. The zero-order valence-corrected chi connectivity index (χ0v) is 16.9. The number of thiazole rings is 1. The van der Waals surface area contributed by atoms with E-state index in [2.05, 4.69) is 25.5 Å². The quantitative estimate of drug-likeness (QED) is 0.594. The average molecular weight is 433 g/mol. The predicted octanol–water partition coefficient (Wildman–Crippen LogP) is 3.16. The number of hydrogen-bond acceptors (Lipinski definition) is 7. The van der Waals surface area contributed by atoms with E-state index in [4.69, 9.17) is 17.3 Å². The molecule has 1 aliphatic carbocycles. The number of nitrogens with one attached hydrogen (secondary N) is 1. The average Bonchev–Trinajstić information content (AvgIpc) is 3.13. The Kier molecular flexibility index (Phi) is 5.42. The van der Waals surface area contributed by atoms with E-state index in [0.29, 0.717) is 46.6 Å². The molecule has 3 aromatic rings. The third kappa shape index (κ3) is 4.20. The first kappa shape index (κ1) is 19.7. The van der Waals surface area contributed by atoms with E-state index in [1.165, 1.54) is 11.3 Å². The van der Waals surface area contributed by atoms with Crippen LogP contribution < -0.4 is 11.1 Å².